The van der Waals surface area contributed by atoms with Gasteiger partial charge < -0.3 is 19.6 Å². The Morgan fingerprint density at radius 3 is 2.61 bits per heavy atom. The summed E-state index contributed by atoms with van der Waals surface area (Å²) in [5, 5.41) is 12.8. The normalized spacial score (nSPS) is 12.2. The number of carbonyl (C=O) groups is 1. The summed E-state index contributed by atoms with van der Waals surface area (Å²) in [6, 6.07) is 10.9. The van der Waals surface area contributed by atoms with E-state index in [2.05, 4.69) is 5.32 Å². The minimum Gasteiger partial charge on any atom is -0.491 e. The molecule has 0 radical (unpaired) electrons. The van der Waals surface area contributed by atoms with Gasteiger partial charge in [-0.05, 0) is 43.7 Å². The summed E-state index contributed by atoms with van der Waals surface area (Å²) in [6.07, 6.45) is 1.84. The van der Waals surface area contributed by atoms with Crippen LogP contribution in [-0.2, 0) is 11.2 Å². The van der Waals surface area contributed by atoms with Crippen LogP contribution in [0.1, 0.15) is 37.7 Å². The molecular weight excluding hydrogens is 294 g/mol. The van der Waals surface area contributed by atoms with Crippen LogP contribution in [0, 0.1) is 0 Å². The van der Waals surface area contributed by atoms with Gasteiger partial charge in [-0.3, -0.25) is 4.79 Å². The molecule has 1 unspecified atom stereocenters. The van der Waals surface area contributed by atoms with Gasteiger partial charge in [-0.15, -0.1) is 0 Å². The number of amides is 1. The molecule has 5 heteroatoms. The molecule has 0 saturated heterocycles. The van der Waals surface area contributed by atoms with Crippen molar-refractivity contribution in [1.29, 1.82) is 0 Å². The molecule has 0 aliphatic heterocycles. The Bertz CT molecular complexity index is 590. The number of hydrogen-bond donors (Lipinski definition) is 2. The number of rotatable bonds is 8. The highest BCUT2D eigenvalue weighted by Gasteiger charge is 2.10. The molecule has 2 N–H and O–H groups in total. The lowest BCUT2D eigenvalue weighted by Crippen LogP contribution is -2.28. The summed E-state index contributed by atoms with van der Waals surface area (Å²) in [5.74, 6) is 1.43. The van der Waals surface area contributed by atoms with E-state index < -0.39 is 6.10 Å². The minimum atomic E-state index is -0.740. The number of aliphatic hydroxyl groups excluding tert-OH is 1. The SMILES string of the molecule is CC(C)Oc1ccc(C(O)CNC(=O)CCc2ccco2)cc1. The lowest BCUT2D eigenvalue weighted by Gasteiger charge is -2.14. The molecule has 1 atom stereocenters. The van der Waals surface area contributed by atoms with E-state index in [0.717, 1.165) is 17.1 Å². The van der Waals surface area contributed by atoms with Gasteiger partial charge in [0.1, 0.15) is 11.5 Å². The summed E-state index contributed by atoms with van der Waals surface area (Å²) in [5.41, 5.74) is 0.743. The molecule has 23 heavy (non-hydrogen) atoms. The van der Waals surface area contributed by atoms with Crippen molar-refractivity contribution >= 4 is 5.91 Å². The van der Waals surface area contributed by atoms with E-state index in [9.17, 15) is 9.90 Å². The van der Waals surface area contributed by atoms with E-state index in [-0.39, 0.29) is 18.6 Å². The Hall–Kier alpha value is -2.27. The van der Waals surface area contributed by atoms with Crippen molar-refractivity contribution in [2.45, 2.75) is 38.9 Å². The number of aliphatic hydroxyl groups is 1. The number of carbonyl (C=O) groups excluding carboxylic acids is 1. The molecular formula is C18H23NO4. The zero-order chi connectivity index (χ0) is 16.7. The van der Waals surface area contributed by atoms with E-state index in [0.29, 0.717) is 12.8 Å². The van der Waals surface area contributed by atoms with Gasteiger partial charge in [0.2, 0.25) is 5.91 Å². The monoisotopic (exact) mass is 317 g/mol. The Morgan fingerprint density at radius 1 is 1.26 bits per heavy atom. The summed E-state index contributed by atoms with van der Waals surface area (Å²) >= 11 is 0. The largest absolute Gasteiger partial charge is 0.491 e. The molecule has 0 aliphatic carbocycles. The zero-order valence-electron chi connectivity index (χ0n) is 13.5. The second-order valence-electron chi connectivity index (χ2n) is 5.63. The number of nitrogens with one attached hydrogen (secondary N) is 1. The first-order valence-corrected chi connectivity index (χ1v) is 7.78. The van der Waals surface area contributed by atoms with Crippen molar-refractivity contribution in [3.8, 4) is 5.75 Å². The number of ether oxygens (including phenoxy) is 1. The van der Waals surface area contributed by atoms with Gasteiger partial charge in [0, 0.05) is 19.4 Å². The van der Waals surface area contributed by atoms with Crippen LogP contribution in [0.4, 0.5) is 0 Å². The van der Waals surface area contributed by atoms with Crippen LogP contribution in [0.15, 0.2) is 47.1 Å². The van der Waals surface area contributed by atoms with Gasteiger partial charge in [0.25, 0.3) is 0 Å². The van der Waals surface area contributed by atoms with E-state index in [1.54, 1.807) is 24.5 Å². The van der Waals surface area contributed by atoms with Crippen LogP contribution in [0.3, 0.4) is 0 Å². The van der Waals surface area contributed by atoms with Gasteiger partial charge in [-0.25, -0.2) is 0 Å². The van der Waals surface area contributed by atoms with Crippen molar-refractivity contribution in [3.63, 3.8) is 0 Å². The molecule has 1 aromatic carbocycles. The maximum Gasteiger partial charge on any atom is 0.220 e. The van der Waals surface area contributed by atoms with Gasteiger partial charge >= 0.3 is 0 Å². The van der Waals surface area contributed by atoms with Crippen molar-refractivity contribution in [2.24, 2.45) is 0 Å². The Kier molecular flexibility index (Phi) is 6.23. The number of aryl methyl sites for hydroxylation is 1. The second kappa shape index (κ2) is 8.39. The molecule has 1 aromatic heterocycles. The maximum absolute atomic E-state index is 11.8. The molecule has 0 bridgehead atoms. The van der Waals surface area contributed by atoms with Crippen molar-refractivity contribution < 1.29 is 19.1 Å². The Balaban J connectivity index is 1.75. The van der Waals surface area contributed by atoms with Gasteiger partial charge in [0.15, 0.2) is 0 Å². The number of benzene rings is 1. The smallest absolute Gasteiger partial charge is 0.220 e. The van der Waals surface area contributed by atoms with Gasteiger partial charge in [0.05, 0.1) is 18.5 Å². The first-order chi connectivity index (χ1) is 11.0. The van der Waals surface area contributed by atoms with Crippen LogP contribution in [0.25, 0.3) is 0 Å². The first kappa shape index (κ1) is 17.1. The minimum absolute atomic E-state index is 0.110. The van der Waals surface area contributed by atoms with Crippen molar-refractivity contribution in [1.82, 2.24) is 5.32 Å². The van der Waals surface area contributed by atoms with E-state index in [1.165, 1.54) is 0 Å². The fourth-order valence-electron chi connectivity index (χ4n) is 2.15. The third kappa shape index (κ3) is 5.79. The van der Waals surface area contributed by atoms with E-state index in [4.69, 9.17) is 9.15 Å². The van der Waals surface area contributed by atoms with Gasteiger partial charge in [-0.1, -0.05) is 12.1 Å². The number of furan rings is 1. The lowest BCUT2D eigenvalue weighted by molar-refractivity contribution is -0.121. The predicted molar refractivity (Wildman–Crippen MR) is 87.2 cm³/mol. The molecule has 2 rings (SSSR count). The maximum atomic E-state index is 11.8. The topological polar surface area (TPSA) is 71.7 Å². The zero-order valence-corrected chi connectivity index (χ0v) is 13.5. The average molecular weight is 317 g/mol. The van der Waals surface area contributed by atoms with E-state index >= 15 is 0 Å². The Labute approximate surface area is 136 Å². The van der Waals surface area contributed by atoms with Crippen molar-refractivity contribution in [2.75, 3.05) is 6.54 Å². The Morgan fingerprint density at radius 2 is 2.00 bits per heavy atom. The standard InChI is InChI=1S/C18H23NO4/c1-13(2)23-16-7-5-14(6-8-16)17(20)12-19-18(21)10-9-15-4-3-11-22-15/h3-8,11,13,17,20H,9-10,12H2,1-2H3,(H,19,21). The van der Waals surface area contributed by atoms with Gasteiger partial charge in [-0.2, -0.15) is 0 Å². The molecule has 1 amide bonds. The molecule has 0 fully saturated rings. The highest BCUT2D eigenvalue weighted by molar-refractivity contribution is 5.76. The summed E-state index contributed by atoms with van der Waals surface area (Å²) in [4.78, 5) is 11.8. The predicted octanol–water partition coefficient (Wildman–Crippen LogP) is 2.85. The van der Waals surface area contributed by atoms with E-state index in [1.807, 2.05) is 32.0 Å². The fourth-order valence-corrected chi connectivity index (χ4v) is 2.15. The molecule has 1 heterocycles. The summed E-state index contributed by atoms with van der Waals surface area (Å²) in [7, 11) is 0. The quantitative estimate of drug-likeness (QED) is 0.785. The second-order valence-corrected chi connectivity index (χ2v) is 5.63. The molecule has 0 spiro atoms. The number of hydrogen-bond acceptors (Lipinski definition) is 4. The third-order valence-electron chi connectivity index (χ3n) is 3.31. The molecule has 0 aliphatic rings. The van der Waals surface area contributed by atoms with Crippen molar-refractivity contribution in [3.05, 3.63) is 54.0 Å². The lowest BCUT2D eigenvalue weighted by atomic mass is 10.1. The highest BCUT2D eigenvalue weighted by Crippen LogP contribution is 2.18. The molecule has 2 aromatic rings. The average Bonchev–Trinajstić information content (AvgIpc) is 3.04. The molecule has 124 valence electrons. The van der Waals surface area contributed by atoms with Crippen LogP contribution >= 0.6 is 0 Å². The van der Waals surface area contributed by atoms with Crippen LogP contribution in [-0.4, -0.2) is 23.7 Å². The highest BCUT2D eigenvalue weighted by atomic mass is 16.5. The molecule has 0 saturated carbocycles. The fraction of sp³-hybridized carbons (Fsp3) is 0.389. The van der Waals surface area contributed by atoms with Crippen LogP contribution in [0.5, 0.6) is 5.75 Å². The van der Waals surface area contributed by atoms with Crippen LogP contribution in [0.2, 0.25) is 0 Å². The first-order valence-electron chi connectivity index (χ1n) is 7.78. The third-order valence-corrected chi connectivity index (χ3v) is 3.31. The van der Waals surface area contributed by atoms with Crippen LogP contribution < -0.4 is 10.1 Å². The molecule has 5 nitrogen and oxygen atoms in total. The summed E-state index contributed by atoms with van der Waals surface area (Å²) in [6.45, 7) is 4.10. The summed E-state index contributed by atoms with van der Waals surface area (Å²) < 4.78 is 10.7.